The highest BCUT2D eigenvalue weighted by Gasteiger charge is 2.38. The van der Waals surface area contributed by atoms with Crippen molar-refractivity contribution in [1.82, 2.24) is 9.78 Å². The van der Waals surface area contributed by atoms with Gasteiger partial charge in [-0.1, -0.05) is 25.4 Å². The summed E-state index contributed by atoms with van der Waals surface area (Å²) in [5.41, 5.74) is -1.46. The molecule has 1 heterocycles. The van der Waals surface area contributed by atoms with E-state index in [1.54, 1.807) is 0 Å². The highest BCUT2D eigenvalue weighted by molar-refractivity contribution is 6.30. The van der Waals surface area contributed by atoms with Crippen molar-refractivity contribution in [1.29, 1.82) is 0 Å². The number of aromatic nitrogens is 2. The maximum Gasteiger partial charge on any atom is 0.435 e. The predicted octanol–water partition coefficient (Wildman–Crippen LogP) is 3.09. The summed E-state index contributed by atoms with van der Waals surface area (Å²) in [6.45, 7) is 3.44. The van der Waals surface area contributed by atoms with Crippen molar-refractivity contribution in [2.75, 3.05) is 0 Å². The summed E-state index contributed by atoms with van der Waals surface area (Å²) in [6.07, 6.45) is -3.92. The Labute approximate surface area is 102 Å². The van der Waals surface area contributed by atoms with Crippen LogP contribution in [0.2, 0.25) is 5.15 Å². The summed E-state index contributed by atoms with van der Waals surface area (Å²) in [5, 5.41) is 12.2. The molecule has 0 atom stereocenters. The Morgan fingerprint density at radius 2 is 2.00 bits per heavy atom. The molecular formula is C10H14ClF3N2O. The van der Waals surface area contributed by atoms with E-state index in [1.165, 1.54) is 0 Å². The summed E-state index contributed by atoms with van der Waals surface area (Å²) < 4.78 is 38.8. The largest absolute Gasteiger partial charge is 0.435 e. The number of rotatable bonds is 4. The monoisotopic (exact) mass is 270 g/mol. The molecule has 0 aromatic carbocycles. The van der Waals surface area contributed by atoms with E-state index in [1.807, 2.05) is 13.8 Å². The summed E-state index contributed by atoms with van der Waals surface area (Å²) in [4.78, 5) is 0. The van der Waals surface area contributed by atoms with E-state index in [0.717, 1.165) is 4.68 Å². The van der Waals surface area contributed by atoms with Gasteiger partial charge in [0, 0.05) is 12.1 Å². The lowest BCUT2D eigenvalue weighted by Gasteiger charge is -2.05. The van der Waals surface area contributed by atoms with Gasteiger partial charge in [0.1, 0.15) is 5.15 Å². The molecular weight excluding hydrogens is 257 g/mol. The van der Waals surface area contributed by atoms with Crippen LogP contribution in [0.4, 0.5) is 13.2 Å². The first-order valence-electron chi connectivity index (χ1n) is 5.20. The van der Waals surface area contributed by atoms with Crippen LogP contribution in [0.5, 0.6) is 0 Å². The molecule has 17 heavy (non-hydrogen) atoms. The van der Waals surface area contributed by atoms with Crippen LogP contribution in [0.25, 0.3) is 0 Å². The molecule has 0 saturated heterocycles. The Morgan fingerprint density at radius 1 is 1.41 bits per heavy atom. The lowest BCUT2D eigenvalue weighted by atomic mass is 10.1. The number of aryl methyl sites for hydroxylation is 1. The molecule has 98 valence electrons. The first-order valence-corrected chi connectivity index (χ1v) is 5.58. The second-order valence-corrected chi connectivity index (χ2v) is 4.54. The van der Waals surface area contributed by atoms with Crippen molar-refractivity contribution in [2.24, 2.45) is 5.92 Å². The molecule has 0 amide bonds. The van der Waals surface area contributed by atoms with Crippen LogP contribution in [0.1, 0.15) is 31.5 Å². The van der Waals surface area contributed by atoms with Gasteiger partial charge in [-0.3, -0.25) is 4.68 Å². The van der Waals surface area contributed by atoms with Gasteiger partial charge >= 0.3 is 6.18 Å². The van der Waals surface area contributed by atoms with Gasteiger partial charge in [0.25, 0.3) is 0 Å². The van der Waals surface area contributed by atoms with Gasteiger partial charge in [-0.2, -0.15) is 18.3 Å². The fourth-order valence-electron chi connectivity index (χ4n) is 1.38. The number of aliphatic hydroxyl groups is 1. The Kier molecular flexibility index (Phi) is 4.43. The second kappa shape index (κ2) is 5.27. The number of halogens is 4. The van der Waals surface area contributed by atoms with E-state index in [2.05, 4.69) is 5.10 Å². The van der Waals surface area contributed by atoms with Crippen LogP contribution in [0.3, 0.4) is 0 Å². The van der Waals surface area contributed by atoms with E-state index in [4.69, 9.17) is 16.7 Å². The quantitative estimate of drug-likeness (QED) is 0.913. The Bertz CT molecular complexity index is 388. The highest BCUT2D eigenvalue weighted by atomic mass is 35.5. The normalized spacial score (nSPS) is 12.5. The molecule has 0 spiro atoms. The SMILES string of the molecule is CC(C)CCn1nc(C(F)(F)F)c(CO)c1Cl. The summed E-state index contributed by atoms with van der Waals surface area (Å²) >= 11 is 5.76. The summed E-state index contributed by atoms with van der Waals surface area (Å²) in [6, 6.07) is 0. The molecule has 1 aromatic heterocycles. The molecule has 0 radical (unpaired) electrons. The molecule has 0 unspecified atom stereocenters. The van der Waals surface area contributed by atoms with Gasteiger partial charge in [0.05, 0.1) is 6.61 Å². The zero-order chi connectivity index (χ0) is 13.2. The lowest BCUT2D eigenvalue weighted by molar-refractivity contribution is -0.142. The first kappa shape index (κ1) is 14.3. The molecule has 0 fully saturated rings. The van der Waals surface area contributed by atoms with Crippen molar-refractivity contribution in [3.05, 3.63) is 16.4 Å². The Hall–Kier alpha value is -0.750. The number of alkyl halides is 3. The van der Waals surface area contributed by atoms with Crippen molar-refractivity contribution < 1.29 is 18.3 Å². The number of aliphatic hydroxyl groups excluding tert-OH is 1. The van der Waals surface area contributed by atoms with Crippen LogP contribution in [0, 0.1) is 5.92 Å². The first-order chi connectivity index (χ1) is 7.77. The molecule has 1 rings (SSSR count). The van der Waals surface area contributed by atoms with Crippen LogP contribution >= 0.6 is 11.6 Å². The fourth-order valence-corrected chi connectivity index (χ4v) is 1.65. The van der Waals surface area contributed by atoms with Gasteiger partial charge in [-0.05, 0) is 12.3 Å². The Balaban J connectivity index is 3.05. The van der Waals surface area contributed by atoms with Crippen molar-refractivity contribution in [3.8, 4) is 0 Å². The molecule has 0 aliphatic rings. The molecule has 1 N–H and O–H groups in total. The smallest absolute Gasteiger partial charge is 0.391 e. The van der Waals surface area contributed by atoms with Gasteiger partial charge in [0.2, 0.25) is 0 Å². The van der Waals surface area contributed by atoms with Crippen LogP contribution in [-0.4, -0.2) is 14.9 Å². The molecule has 0 aliphatic heterocycles. The zero-order valence-electron chi connectivity index (χ0n) is 9.55. The van der Waals surface area contributed by atoms with Crippen molar-refractivity contribution in [2.45, 2.75) is 39.6 Å². The number of hydrogen-bond acceptors (Lipinski definition) is 2. The van der Waals surface area contributed by atoms with E-state index in [9.17, 15) is 13.2 Å². The van der Waals surface area contributed by atoms with Crippen LogP contribution < -0.4 is 0 Å². The van der Waals surface area contributed by atoms with Crippen molar-refractivity contribution >= 4 is 11.6 Å². The molecule has 7 heteroatoms. The van der Waals surface area contributed by atoms with Crippen molar-refractivity contribution in [3.63, 3.8) is 0 Å². The molecule has 3 nitrogen and oxygen atoms in total. The molecule has 1 aromatic rings. The molecule has 0 saturated carbocycles. The van der Waals surface area contributed by atoms with E-state index in [-0.39, 0.29) is 10.7 Å². The van der Waals surface area contributed by atoms with Gasteiger partial charge in [-0.15, -0.1) is 0 Å². The maximum absolute atomic E-state index is 12.6. The summed E-state index contributed by atoms with van der Waals surface area (Å²) in [5.74, 6) is 0.335. The number of nitrogens with zero attached hydrogens (tertiary/aromatic N) is 2. The average Bonchev–Trinajstić information content (AvgIpc) is 2.51. The van der Waals surface area contributed by atoms with Crippen LogP contribution in [-0.2, 0) is 19.3 Å². The van der Waals surface area contributed by atoms with Gasteiger partial charge < -0.3 is 5.11 Å². The Morgan fingerprint density at radius 3 is 2.35 bits per heavy atom. The minimum Gasteiger partial charge on any atom is -0.391 e. The third kappa shape index (κ3) is 3.35. The van der Waals surface area contributed by atoms with E-state index < -0.39 is 18.5 Å². The van der Waals surface area contributed by atoms with Gasteiger partial charge in [0.15, 0.2) is 5.69 Å². The zero-order valence-corrected chi connectivity index (χ0v) is 10.3. The minimum atomic E-state index is -4.59. The van der Waals surface area contributed by atoms with E-state index in [0.29, 0.717) is 18.9 Å². The standard InChI is InChI=1S/C10H14ClF3N2O/c1-6(2)3-4-16-9(11)7(5-17)8(15-16)10(12,13)14/h6,17H,3-5H2,1-2H3. The lowest BCUT2D eigenvalue weighted by Crippen LogP contribution is -2.10. The molecule has 0 aliphatic carbocycles. The summed E-state index contributed by atoms with van der Waals surface area (Å²) in [7, 11) is 0. The van der Waals surface area contributed by atoms with E-state index >= 15 is 0 Å². The fraction of sp³-hybridized carbons (Fsp3) is 0.700. The second-order valence-electron chi connectivity index (χ2n) is 4.18. The highest BCUT2D eigenvalue weighted by Crippen LogP contribution is 2.34. The minimum absolute atomic E-state index is 0.138. The molecule has 0 bridgehead atoms. The van der Waals surface area contributed by atoms with Gasteiger partial charge in [-0.25, -0.2) is 0 Å². The average molecular weight is 271 g/mol. The third-order valence-electron chi connectivity index (χ3n) is 2.33. The third-order valence-corrected chi connectivity index (χ3v) is 2.75. The topological polar surface area (TPSA) is 38.0 Å². The number of hydrogen-bond donors (Lipinski definition) is 1. The maximum atomic E-state index is 12.6. The predicted molar refractivity (Wildman–Crippen MR) is 57.6 cm³/mol. The van der Waals surface area contributed by atoms with Crippen LogP contribution in [0.15, 0.2) is 0 Å².